The third kappa shape index (κ3) is 4.76. The molecular formula is C28H29NO3. The van der Waals surface area contributed by atoms with Gasteiger partial charge in [0.25, 0.3) is 0 Å². The van der Waals surface area contributed by atoms with Crippen LogP contribution in [0.5, 0.6) is 5.75 Å². The van der Waals surface area contributed by atoms with Gasteiger partial charge in [-0.15, -0.1) is 0 Å². The van der Waals surface area contributed by atoms with E-state index in [9.17, 15) is 4.79 Å². The molecule has 0 fully saturated rings. The molecule has 3 aromatic carbocycles. The number of hydrogen-bond acceptors (Lipinski definition) is 4. The van der Waals surface area contributed by atoms with E-state index in [4.69, 9.17) is 9.15 Å². The standard InChI is InChI=1S/C28H29NO3/c1-4-24-27(21-13-9-6-10-14-21)28(30)23-16-15-22(19-26(23)32-24)31-25(17-18-29(2)3)20-11-7-5-8-12-20/h5-16,19,25H,4,17-18H2,1-3H3. The van der Waals surface area contributed by atoms with Crippen LogP contribution < -0.4 is 10.2 Å². The maximum atomic E-state index is 13.3. The molecule has 0 saturated carbocycles. The molecule has 0 amide bonds. The van der Waals surface area contributed by atoms with E-state index >= 15 is 0 Å². The zero-order valence-corrected chi connectivity index (χ0v) is 18.9. The van der Waals surface area contributed by atoms with Crippen molar-refractivity contribution in [3.63, 3.8) is 0 Å². The van der Waals surface area contributed by atoms with E-state index in [0.29, 0.717) is 34.5 Å². The Morgan fingerprint density at radius 1 is 0.938 bits per heavy atom. The lowest BCUT2D eigenvalue weighted by atomic mass is 10.0. The zero-order valence-electron chi connectivity index (χ0n) is 18.9. The summed E-state index contributed by atoms with van der Waals surface area (Å²) in [4.78, 5) is 15.5. The Morgan fingerprint density at radius 3 is 2.28 bits per heavy atom. The van der Waals surface area contributed by atoms with Gasteiger partial charge in [0.1, 0.15) is 23.2 Å². The molecule has 4 rings (SSSR count). The predicted octanol–water partition coefficient (Wildman–Crippen LogP) is 6.09. The normalized spacial score (nSPS) is 12.2. The van der Waals surface area contributed by atoms with Crippen LogP contribution in [0.4, 0.5) is 0 Å². The number of fused-ring (bicyclic) bond motifs is 1. The summed E-state index contributed by atoms with van der Waals surface area (Å²) in [7, 11) is 4.12. The van der Waals surface area contributed by atoms with Gasteiger partial charge < -0.3 is 14.1 Å². The van der Waals surface area contributed by atoms with Crippen molar-refractivity contribution in [2.45, 2.75) is 25.9 Å². The van der Waals surface area contributed by atoms with Crippen LogP contribution in [0.15, 0.2) is 88.1 Å². The molecule has 1 unspecified atom stereocenters. The Bertz CT molecular complexity index is 1230. The average molecular weight is 428 g/mol. The second-order valence-corrected chi connectivity index (χ2v) is 8.22. The molecule has 0 saturated heterocycles. The molecule has 4 heteroatoms. The van der Waals surface area contributed by atoms with Gasteiger partial charge in [0.2, 0.25) is 5.43 Å². The van der Waals surface area contributed by atoms with E-state index in [1.54, 1.807) is 0 Å². The first kappa shape index (κ1) is 21.8. The van der Waals surface area contributed by atoms with E-state index in [0.717, 1.165) is 24.1 Å². The fourth-order valence-electron chi connectivity index (χ4n) is 3.94. The molecule has 0 aliphatic heterocycles. The van der Waals surface area contributed by atoms with Crippen molar-refractivity contribution < 1.29 is 9.15 Å². The second kappa shape index (κ2) is 9.84. The molecule has 0 bridgehead atoms. The van der Waals surface area contributed by atoms with Gasteiger partial charge in [-0.25, -0.2) is 0 Å². The Labute approximate surface area is 189 Å². The van der Waals surface area contributed by atoms with E-state index in [2.05, 4.69) is 31.1 Å². The smallest absolute Gasteiger partial charge is 0.200 e. The van der Waals surface area contributed by atoms with Crippen molar-refractivity contribution in [2.75, 3.05) is 20.6 Å². The molecule has 0 aliphatic rings. The van der Waals surface area contributed by atoms with Crippen LogP contribution in [0.3, 0.4) is 0 Å². The fraction of sp³-hybridized carbons (Fsp3) is 0.250. The van der Waals surface area contributed by atoms with Crippen LogP contribution in [0.2, 0.25) is 0 Å². The highest BCUT2D eigenvalue weighted by Crippen LogP contribution is 2.30. The van der Waals surface area contributed by atoms with Crippen LogP contribution in [0.25, 0.3) is 22.1 Å². The first-order chi connectivity index (χ1) is 15.6. The third-order valence-electron chi connectivity index (χ3n) is 5.61. The zero-order chi connectivity index (χ0) is 22.5. The summed E-state index contributed by atoms with van der Waals surface area (Å²) in [6.45, 7) is 2.91. The number of rotatable bonds is 8. The van der Waals surface area contributed by atoms with Crippen LogP contribution in [0.1, 0.15) is 30.8 Å². The summed E-state index contributed by atoms with van der Waals surface area (Å²) in [5.74, 6) is 1.39. The van der Waals surface area contributed by atoms with Crippen molar-refractivity contribution >= 4 is 11.0 Å². The molecular weight excluding hydrogens is 398 g/mol. The van der Waals surface area contributed by atoms with Gasteiger partial charge in [-0.3, -0.25) is 4.79 Å². The lowest BCUT2D eigenvalue weighted by Gasteiger charge is -2.21. The molecule has 4 nitrogen and oxygen atoms in total. The highest BCUT2D eigenvalue weighted by molar-refractivity contribution is 5.83. The highest BCUT2D eigenvalue weighted by Gasteiger charge is 2.18. The minimum absolute atomic E-state index is 0.00642. The van der Waals surface area contributed by atoms with Gasteiger partial charge in [0.15, 0.2) is 0 Å². The molecule has 32 heavy (non-hydrogen) atoms. The third-order valence-corrected chi connectivity index (χ3v) is 5.61. The van der Waals surface area contributed by atoms with Crippen LogP contribution in [-0.2, 0) is 6.42 Å². The van der Waals surface area contributed by atoms with E-state index in [-0.39, 0.29) is 11.5 Å². The van der Waals surface area contributed by atoms with E-state index in [1.165, 1.54) is 0 Å². The van der Waals surface area contributed by atoms with Gasteiger partial charge in [-0.2, -0.15) is 0 Å². The fourth-order valence-corrected chi connectivity index (χ4v) is 3.94. The SMILES string of the molecule is CCc1oc2cc(OC(CCN(C)C)c3ccccc3)ccc2c(=O)c1-c1ccccc1. The van der Waals surface area contributed by atoms with Crippen molar-refractivity contribution in [1.82, 2.24) is 4.90 Å². The summed E-state index contributed by atoms with van der Waals surface area (Å²) in [6, 6.07) is 25.5. The van der Waals surface area contributed by atoms with Crippen LogP contribution in [0, 0.1) is 0 Å². The number of nitrogens with zero attached hydrogens (tertiary/aromatic N) is 1. The minimum atomic E-state index is -0.0861. The minimum Gasteiger partial charge on any atom is -0.486 e. The molecule has 1 atom stereocenters. The lowest BCUT2D eigenvalue weighted by Crippen LogP contribution is -2.18. The Morgan fingerprint density at radius 2 is 1.62 bits per heavy atom. The van der Waals surface area contributed by atoms with Crippen LogP contribution in [-0.4, -0.2) is 25.5 Å². The van der Waals surface area contributed by atoms with Gasteiger partial charge in [0.05, 0.1) is 10.9 Å². The summed E-state index contributed by atoms with van der Waals surface area (Å²) in [5, 5.41) is 0.568. The summed E-state index contributed by atoms with van der Waals surface area (Å²) < 4.78 is 12.6. The average Bonchev–Trinajstić information content (AvgIpc) is 2.82. The van der Waals surface area contributed by atoms with Gasteiger partial charge >= 0.3 is 0 Å². The van der Waals surface area contributed by atoms with Gasteiger partial charge in [-0.1, -0.05) is 67.6 Å². The maximum Gasteiger partial charge on any atom is 0.200 e. The number of ether oxygens (including phenoxy) is 1. The Balaban J connectivity index is 1.72. The molecule has 164 valence electrons. The molecule has 0 spiro atoms. The number of aryl methyl sites for hydroxylation is 1. The molecule has 1 heterocycles. The van der Waals surface area contributed by atoms with Gasteiger partial charge in [0, 0.05) is 25.5 Å². The largest absolute Gasteiger partial charge is 0.486 e. The first-order valence-corrected chi connectivity index (χ1v) is 11.1. The van der Waals surface area contributed by atoms with Crippen molar-refractivity contribution in [2.24, 2.45) is 0 Å². The van der Waals surface area contributed by atoms with Crippen LogP contribution >= 0.6 is 0 Å². The number of hydrogen-bond donors (Lipinski definition) is 0. The second-order valence-electron chi connectivity index (χ2n) is 8.22. The molecule has 0 aliphatic carbocycles. The molecule has 1 aromatic heterocycles. The highest BCUT2D eigenvalue weighted by atomic mass is 16.5. The van der Waals surface area contributed by atoms with E-state index in [1.807, 2.05) is 73.7 Å². The summed E-state index contributed by atoms with van der Waals surface area (Å²) in [5.41, 5.74) is 3.21. The Hall–Kier alpha value is -3.37. The summed E-state index contributed by atoms with van der Waals surface area (Å²) >= 11 is 0. The first-order valence-electron chi connectivity index (χ1n) is 11.1. The molecule has 0 N–H and O–H groups in total. The van der Waals surface area contributed by atoms with Crippen molar-refractivity contribution in [3.8, 4) is 16.9 Å². The van der Waals surface area contributed by atoms with Crippen molar-refractivity contribution in [1.29, 1.82) is 0 Å². The van der Waals surface area contributed by atoms with E-state index < -0.39 is 0 Å². The topological polar surface area (TPSA) is 42.7 Å². The summed E-state index contributed by atoms with van der Waals surface area (Å²) in [6.07, 6.45) is 1.40. The number of benzene rings is 3. The maximum absolute atomic E-state index is 13.3. The quantitative estimate of drug-likeness (QED) is 0.341. The lowest BCUT2D eigenvalue weighted by molar-refractivity contribution is 0.179. The predicted molar refractivity (Wildman–Crippen MR) is 130 cm³/mol. The van der Waals surface area contributed by atoms with Gasteiger partial charge in [-0.05, 0) is 37.4 Å². The Kier molecular flexibility index (Phi) is 6.72. The van der Waals surface area contributed by atoms with Crippen molar-refractivity contribution in [3.05, 3.63) is 100 Å². The molecule has 0 radical (unpaired) electrons. The molecule has 4 aromatic rings. The monoisotopic (exact) mass is 427 g/mol.